The number of rotatable bonds is 3. The number of fused-ring (bicyclic) bond motifs is 1. The summed E-state index contributed by atoms with van der Waals surface area (Å²) in [6, 6.07) is 7.51. The standard InChI is InChI=1S/C16H18N4O/c1-9(15-10(2)19-20-11(15)3)18-16(21)13-4-5-14-12(8-13)6-7-17-14/h4-9,17H,1-3H3,(H,18,21)(H,19,20). The predicted molar refractivity (Wildman–Crippen MR) is 82.2 cm³/mol. The number of carbonyl (C=O) groups excluding carboxylic acids is 1. The van der Waals surface area contributed by atoms with E-state index in [2.05, 4.69) is 20.5 Å². The second-order valence-corrected chi connectivity index (χ2v) is 5.32. The van der Waals surface area contributed by atoms with Gasteiger partial charge in [0, 0.05) is 33.9 Å². The highest BCUT2D eigenvalue weighted by Gasteiger charge is 2.17. The smallest absolute Gasteiger partial charge is 0.251 e. The van der Waals surface area contributed by atoms with Crippen LogP contribution in [-0.4, -0.2) is 21.1 Å². The van der Waals surface area contributed by atoms with Gasteiger partial charge < -0.3 is 10.3 Å². The molecule has 0 spiro atoms. The molecule has 21 heavy (non-hydrogen) atoms. The van der Waals surface area contributed by atoms with Gasteiger partial charge in [-0.2, -0.15) is 5.10 Å². The van der Waals surface area contributed by atoms with E-state index in [9.17, 15) is 4.79 Å². The first-order valence-electron chi connectivity index (χ1n) is 6.95. The lowest BCUT2D eigenvalue weighted by molar-refractivity contribution is 0.0940. The molecule has 0 radical (unpaired) electrons. The lowest BCUT2D eigenvalue weighted by Crippen LogP contribution is -2.27. The van der Waals surface area contributed by atoms with Gasteiger partial charge in [0.1, 0.15) is 0 Å². The van der Waals surface area contributed by atoms with Crippen LogP contribution in [0.3, 0.4) is 0 Å². The van der Waals surface area contributed by atoms with Crippen LogP contribution in [0.4, 0.5) is 0 Å². The number of aromatic nitrogens is 3. The minimum atomic E-state index is -0.0850. The van der Waals surface area contributed by atoms with Crippen molar-refractivity contribution < 1.29 is 4.79 Å². The van der Waals surface area contributed by atoms with Crippen LogP contribution >= 0.6 is 0 Å². The SMILES string of the molecule is Cc1n[nH]c(C)c1C(C)NC(=O)c1ccc2[nH]ccc2c1. The molecule has 3 aromatic rings. The molecular weight excluding hydrogens is 264 g/mol. The fourth-order valence-electron chi connectivity index (χ4n) is 2.74. The van der Waals surface area contributed by atoms with Crippen molar-refractivity contribution in [3.05, 3.63) is 53.0 Å². The third-order valence-corrected chi connectivity index (χ3v) is 3.78. The van der Waals surface area contributed by atoms with Crippen molar-refractivity contribution in [3.8, 4) is 0 Å². The van der Waals surface area contributed by atoms with Crippen LogP contribution in [0.15, 0.2) is 30.5 Å². The van der Waals surface area contributed by atoms with Crippen molar-refractivity contribution in [1.82, 2.24) is 20.5 Å². The van der Waals surface area contributed by atoms with Crippen molar-refractivity contribution in [2.75, 3.05) is 0 Å². The van der Waals surface area contributed by atoms with E-state index in [1.165, 1.54) is 0 Å². The second kappa shape index (κ2) is 5.09. The highest BCUT2D eigenvalue weighted by molar-refractivity contribution is 5.98. The molecule has 108 valence electrons. The molecule has 1 aromatic carbocycles. The van der Waals surface area contributed by atoms with Gasteiger partial charge in [0.05, 0.1) is 11.7 Å². The Morgan fingerprint density at radius 1 is 1.29 bits per heavy atom. The van der Waals surface area contributed by atoms with Crippen LogP contribution in [-0.2, 0) is 0 Å². The monoisotopic (exact) mass is 282 g/mol. The number of H-pyrrole nitrogens is 2. The molecule has 3 rings (SSSR count). The Morgan fingerprint density at radius 2 is 2.10 bits per heavy atom. The summed E-state index contributed by atoms with van der Waals surface area (Å²) in [5.41, 5.74) is 4.64. The molecule has 0 aliphatic rings. The summed E-state index contributed by atoms with van der Waals surface area (Å²) in [5.74, 6) is -0.0781. The van der Waals surface area contributed by atoms with Crippen molar-refractivity contribution in [2.24, 2.45) is 0 Å². The van der Waals surface area contributed by atoms with Gasteiger partial charge in [0.2, 0.25) is 0 Å². The van der Waals surface area contributed by atoms with Gasteiger partial charge >= 0.3 is 0 Å². The van der Waals surface area contributed by atoms with Crippen LogP contribution in [0.5, 0.6) is 0 Å². The number of hydrogen-bond donors (Lipinski definition) is 3. The number of aromatic amines is 2. The van der Waals surface area contributed by atoms with E-state index in [1.807, 2.05) is 51.2 Å². The number of carbonyl (C=O) groups is 1. The van der Waals surface area contributed by atoms with Crippen LogP contribution < -0.4 is 5.32 Å². The molecule has 2 aromatic heterocycles. The Morgan fingerprint density at radius 3 is 2.81 bits per heavy atom. The molecular formula is C16H18N4O. The molecule has 0 fully saturated rings. The Hall–Kier alpha value is -2.56. The molecule has 1 amide bonds. The Kier molecular flexibility index (Phi) is 3.25. The molecule has 5 nitrogen and oxygen atoms in total. The molecule has 0 saturated heterocycles. The number of nitrogens with zero attached hydrogens (tertiary/aromatic N) is 1. The Bertz CT molecular complexity index is 780. The molecule has 0 aliphatic heterocycles. The van der Waals surface area contributed by atoms with Gasteiger partial charge in [-0.3, -0.25) is 9.89 Å². The van der Waals surface area contributed by atoms with Crippen LogP contribution in [0.2, 0.25) is 0 Å². The fourth-order valence-corrected chi connectivity index (χ4v) is 2.74. The number of hydrogen-bond acceptors (Lipinski definition) is 2. The van der Waals surface area contributed by atoms with Crippen LogP contribution in [0.25, 0.3) is 10.9 Å². The van der Waals surface area contributed by atoms with Gasteiger partial charge in [-0.1, -0.05) is 0 Å². The van der Waals surface area contributed by atoms with E-state index in [4.69, 9.17) is 0 Å². The lowest BCUT2D eigenvalue weighted by atomic mass is 10.1. The number of benzene rings is 1. The normalized spacial score (nSPS) is 12.5. The molecule has 5 heteroatoms. The zero-order valence-corrected chi connectivity index (χ0v) is 12.3. The zero-order chi connectivity index (χ0) is 15.0. The highest BCUT2D eigenvalue weighted by atomic mass is 16.1. The summed E-state index contributed by atoms with van der Waals surface area (Å²) in [5, 5.41) is 11.2. The minimum Gasteiger partial charge on any atom is -0.361 e. The zero-order valence-electron chi connectivity index (χ0n) is 12.3. The van der Waals surface area contributed by atoms with Gasteiger partial charge in [0.25, 0.3) is 5.91 Å². The summed E-state index contributed by atoms with van der Waals surface area (Å²) in [6.07, 6.45) is 1.87. The van der Waals surface area contributed by atoms with Gasteiger partial charge in [0.15, 0.2) is 0 Å². The van der Waals surface area contributed by atoms with Crippen molar-refractivity contribution in [1.29, 1.82) is 0 Å². The first-order chi connectivity index (χ1) is 10.1. The average Bonchev–Trinajstić information content (AvgIpc) is 3.04. The van der Waals surface area contributed by atoms with Crippen molar-refractivity contribution in [3.63, 3.8) is 0 Å². The quantitative estimate of drug-likeness (QED) is 0.691. The molecule has 0 aliphatic carbocycles. The average molecular weight is 282 g/mol. The molecule has 1 atom stereocenters. The van der Waals surface area contributed by atoms with Crippen molar-refractivity contribution >= 4 is 16.8 Å². The summed E-state index contributed by atoms with van der Waals surface area (Å²) in [6.45, 7) is 5.87. The third-order valence-electron chi connectivity index (χ3n) is 3.78. The Balaban J connectivity index is 1.82. The maximum atomic E-state index is 12.4. The number of amides is 1. The van der Waals surface area contributed by atoms with Crippen LogP contribution in [0, 0.1) is 13.8 Å². The number of nitrogens with one attached hydrogen (secondary N) is 3. The second-order valence-electron chi connectivity index (χ2n) is 5.32. The van der Waals surface area contributed by atoms with E-state index in [-0.39, 0.29) is 11.9 Å². The molecule has 0 saturated carbocycles. The van der Waals surface area contributed by atoms with E-state index in [0.717, 1.165) is 27.9 Å². The minimum absolute atomic E-state index is 0.0781. The maximum absolute atomic E-state index is 12.4. The lowest BCUT2D eigenvalue weighted by Gasteiger charge is -2.14. The van der Waals surface area contributed by atoms with E-state index in [0.29, 0.717) is 5.56 Å². The van der Waals surface area contributed by atoms with Gasteiger partial charge in [-0.25, -0.2) is 0 Å². The first kappa shape index (κ1) is 13.4. The maximum Gasteiger partial charge on any atom is 0.251 e. The largest absolute Gasteiger partial charge is 0.361 e. The number of aryl methyl sites for hydroxylation is 2. The predicted octanol–water partition coefficient (Wildman–Crippen LogP) is 3.00. The summed E-state index contributed by atoms with van der Waals surface area (Å²) in [4.78, 5) is 15.5. The summed E-state index contributed by atoms with van der Waals surface area (Å²) < 4.78 is 0. The molecule has 3 N–H and O–H groups in total. The van der Waals surface area contributed by atoms with Crippen molar-refractivity contribution in [2.45, 2.75) is 26.8 Å². The fraction of sp³-hybridized carbons (Fsp3) is 0.250. The topological polar surface area (TPSA) is 73.6 Å². The Labute approximate surface area is 122 Å². The van der Waals surface area contributed by atoms with Gasteiger partial charge in [-0.15, -0.1) is 0 Å². The van der Waals surface area contributed by atoms with Crippen LogP contribution in [0.1, 0.15) is 40.3 Å². The highest BCUT2D eigenvalue weighted by Crippen LogP contribution is 2.20. The van der Waals surface area contributed by atoms with E-state index in [1.54, 1.807) is 0 Å². The summed E-state index contributed by atoms with van der Waals surface area (Å²) in [7, 11) is 0. The molecule has 1 unspecified atom stereocenters. The first-order valence-corrected chi connectivity index (χ1v) is 6.95. The van der Waals surface area contributed by atoms with Gasteiger partial charge in [-0.05, 0) is 45.0 Å². The van der Waals surface area contributed by atoms with E-state index < -0.39 is 0 Å². The third kappa shape index (κ3) is 2.42. The summed E-state index contributed by atoms with van der Waals surface area (Å²) >= 11 is 0. The molecule has 2 heterocycles. The molecule has 0 bridgehead atoms. The van der Waals surface area contributed by atoms with E-state index >= 15 is 0 Å².